The Kier molecular flexibility index (Phi) is 5.80. The SMILES string of the molecule is COc1ccc(CC(=O)NCC(C)(O)c2ccc(Br)cc2)cc1. The van der Waals surface area contributed by atoms with E-state index in [-0.39, 0.29) is 18.9 Å². The molecule has 0 aliphatic heterocycles. The average Bonchev–Trinajstić information content (AvgIpc) is 2.54. The number of methoxy groups -OCH3 is 1. The third-order valence-electron chi connectivity index (χ3n) is 3.62. The lowest BCUT2D eigenvalue weighted by Gasteiger charge is -2.24. The molecule has 2 aromatic carbocycles. The van der Waals surface area contributed by atoms with Gasteiger partial charge in [-0.1, -0.05) is 40.2 Å². The highest BCUT2D eigenvalue weighted by Gasteiger charge is 2.23. The van der Waals surface area contributed by atoms with Crippen LogP contribution in [-0.2, 0) is 16.8 Å². The Morgan fingerprint density at radius 1 is 1.17 bits per heavy atom. The van der Waals surface area contributed by atoms with Crippen LogP contribution in [0.1, 0.15) is 18.1 Å². The van der Waals surface area contributed by atoms with Crippen molar-refractivity contribution in [3.8, 4) is 5.75 Å². The average molecular weight is 378 g/mol. The van der Waals surface area contributed by atoms with Gasteiger partial charge in [0, 0.05) is 4.47 Å². The van der Waals surface area contributed by atoms with Gasteiger partial charge in [-0.3, -0.25) is 4.79 Å². The van der Waals surface area contributed by atoms with E-state index in [9.17, 15) is 9.90 Å². The Hall–Kier alpha value is -1.85. The molecule has 23 heavy (non-hydrogen) atoms. The maximum Gasteiger partial charge on any atom is 0.224 e. The zero-order chi connectivity index (χ0) is 16.9. The van der Waals surface area contributed by atoms with E-state index in [1.165, 1.54) is 0 Å². The lowest BCUT2D eigenvalue weighted by molar-refractivity contribution is -0.121. The molecule has 0 aliphatic rings. The van der Waals surface area contributed by atoms with Gasteiger partial charge in [0.2, 0.25) is 5.91 Å². The highest BCUT2D eigenvalue weighted by molar-refractivity contribution is 9.10. The summed E-state index contributed by atoms with van der Waals surface area (Å²) >= 11 is 3.36. The van der Waals surface area contributed by atoms with Gasteiger partial charge in [0.25, 0.3) is 0 Å². The third kappa shape index (κ3) is 5.08. The molecule has 0 radical (unpaired) electrons. The molecule has 2 aromatic rings. The molecule has 0 aromatic heterocycles. The van der Waals surface area contributed by atoms with Crippen LogP contribution in [0.2, 0.25) is 0 Å². The van der Waals surface area contributed by atoms with Crippen LogP contribution in [0, 0.1) is 0 Å². The van der Waals surface area contributed by atoms with Gasteiger partial charge < -0.3 is 15.2 Å². The van der Waals surface area contributed by atoms with E-state index in [4.69, 9.17) is 4.74 Å². The van der Waals surface area contributed by atoms with Gasteiger partial charge in [-0.25, -0.2) is 0 Å². The number of rotatable bonds is 6. The van der Waals surface area contributed by atoms with E-state index in [0.29, 0.717) is 0 Å². The number of halogens is 1. The molecule has 5 heteroatoms. The van der Waals surface area contributed by atoms with E-state index in [2.05, 4.69) is 21.2 Å². The third-order valence-corrected chi connectivity index (χ3v) is 4.15. The van der Waals surface area contributed by atoms with Gasteiger partial charge in [-0.15, -0.1) is 0 Å². The predicted molar refractivity (Wildman–Crippen MR) is 93.4 cm³/mol. The number of carbonyl (C=O) groups is 1. The molecule has 1 unspecified atom stereocenters. The lowest BCUT2D eigenvalue weighted by atomic mass is 9.96. The normalized spacial score (nSPS) is 13.2. The quantitative estimate of drug-likeness (QED) is 0.813. The summed E-state index contributed by atoms with van der Waals surface area (Å²) in [6, 6.07) is 14.7. The highest BCUT2D eigenvalue weighted by Crippen LogP contribution is 2.22. The number of amides is 1. The number of hydrogen-bond donors (Lipinski definition) is 2. The second kappa shape index (κ2) is 7.62. The Labute approximate surface area is 144 Å². The van der Waals surface area contributed by atoms with Crippen LogP contribution in [0.4, 0.5) is 0 Å². The molecule has 0 fully saturated rings. The van der Waals surface area contributed by atoms with Crippen molar-refractivity contribution in [1.29, 1.82) is 0 Å². The largest absolute Gasteiger partial charge is 0.497 e. The van der Waals surface area contributed by atoms with Crippen molar-refractivity contribution >= 4 is 21.8 Å². The summed E-state index contributed by atoms with van der Waals surface area (Å²) in [5.74, 6) is 0.625. The van der Waals surface area contributed by atoms with E-state index < -0.39 is 5.60 Å². The second-order valence-electron chi connectivity index (χ2n) is 5.58. The molecule has 2 rings (SSSR count). The number of carbonyl (C=O) groups excluding carboxylic acids is 1. The molecule has 0 spiro atoms. The fourth-order valence-corrected chi connectivity index (χ4v) is 2.44. The minimum absolute atomic E-state index is 0.132. The van der Waals surface area contributed by atoms with Crippen LogP contribution in [0.5, 0.6) is 5.75 Å². The molecule has 2 N–H and O–H groups in total. The molecule has 0 heterocycles. The summed E-state index contributed by atoms with van der Waals surface area (Å²) in [5, 5.41) is 13.3. The molecular weight excluding hydrogens is 358 g/mol. The summed E-state index contributed by atoms with van der Waals surface area (Å²) in [5.41, 5.74) is 0.535. The van der Waals surface area contributed by atoms with Crippen LogP contribution in [0.3, 0.4) is 0 Å². The Bertz CT molecular complexity index is 651. The molecule has 0 saturated heterocycles. The van der Waals surface area contributed by atoms with Crippen molar-refractivity contribution in [2.24, 2.45) is 0 Å². The first-order valence-electron chi connectivity index (χ1n) is 7.29. The standard InChI is InChI=1S/C18H20BrNO3/c1-18(22,14-5-7-15(19)8-6-14)12-20-17(21)11-13-3-9-16(23-2)10-4-13/h3-10,22H,11-12H2,1-2H3,(H,20,21). The fourth-order valence-electron chi connectivity index (χ4n) is 2.17. The molecule has 1 atom stereocenters. The second-order valence-corrected chi connectivity index (χ2v) is 6.50. The Balaban J connectivity index is 1.90. The Morgan fingerprint density at radius 3 is 2.35 bits per heavy atom. The van der Waals surface area contributed by atoms with Gasteiger partial charge in [0.15, 0.2) is 0 Å². The minimum Gasteiger partial charge on any atom is -0.497 e. The van der Waals surface area contributed by atoms with Crippen molar-refractivity contribution in [2.75, 3.05) is 13.7 Å². The van der Waals surface area contributed by atoms with Crippen LogP contribution in [0.25, 0.3) is 0 Å². The first kappa shape index (κ1) is 17.5. The topological polar surface area (TPSA) is 58.6 Å². The molecule has 0 bridgehead atoms. The van der Waals surface area contributed by atoms with Gasteiger partial charge in [0.1, 0.15) is 11.4 Å². The van der Waals surface area contributed by atoms with Crippen molar-refractivity contribution in [2.45, 2.75) is 18.9 Å². The van der Waals surface area contributed by atoms with E-state index in [0.717, 1.165) is 21.3 Å². The summed E-state index contributed by atoms with van der Waals surface area (Å²) in [6.07, 6.45) is 0.264. The van der Waals surface area contributed by atoms with Gasteiger partial charge in [-0.2, -0.15) is 0 Å². The van der Waals surface area contributed by atoms with E-state index in [1.807, 2.05) is 48.5 Å². The number of ether oxygens (including phenoxy) is 1. The molecule has 4 nitrogen and oxygen atoms in total. The van der Waals surface area contributed by atoms with Gasteiger partial charge in [0.05, 0.1) is 20.1 Å². The molecule has 0 aliphatic carbocycles. The molecular formula is C18H20BrNO3. The van der Waals surface area contributed by atoms with Gasteiger partial charge in [-0.05, 0) is 42.3 Å². The van der Waals surface area contributed by atoms with Crippen LogP contribution in [0.15, 0.2) is 53.0 Å². The van der Waals surface area contributed by atoms with E-state index >= 15 is 0 Å². The van der Waals surface area contributed by atoms with Crippen molar-refractivity contribution in [1.82, 2.24) is 5.32 Å². The zero-order valence-electron chi connectivity index (χ0n) is 13.2. The maximum atomic E-state index is 12.0. The van der Waals surface area contributed by atoms with Crippen LogP contribution < -0.4 is 10.1 Å². The molecule has 1 amide bonds. The summed E-state index contributed by atoms with van der Waals surface area (Å²) in [4.78, 5) is 12.0. The lowest BCUT2D eigenvalue weighted by Crippen LogP contribution is -2.39. The van der Waals surface area contributed by atoms with Crippen molar-refractivity contribution in [3.05, 3.63) is 64.1 Å². The smallest absolute Gasteiger partial charge is 0.224 e. The van der Waals surface area contributed by atoms with Gasteiger partial charge >= 0.3 is 0 Å². The van der Waals surface area contributed by atoms with Crippen molar-refractivity contribution < 1.29 is 14.6 Å². The van der Waals surface area contributed by atoms with Crippen molar-refractivity contribution in [3.63, 3.8) is 0 Å². The summed E-state index contributed by atoms with van der Waals surface area (Å²) in [6.45, 7) is 1.84. The molecule has 0 saturated carbocycles. The fraction of sp³-hybridized carbons (Fsp3) is 0.278. The number of benzene rings is 2. The zero-order valence-corrected chi connectivity index (χ0v) is 14.8. The predicted octanol–water partition coefficient (Wildman–Crippen LogP) is 3.02. The number of aliphatic hydroxyl groups is 1. The Morgan fingerprint density at radius 2 is 1.78 bits per heavy atom. The monoisotopic (exact) mass is 377 g/mol. The first-order chi connectivity index (χ1) is 10.9. The summed E-state index contributed by atoms with van der Waals surface area (Å²) < 4.78 is 6.03. The highest BCUT2D eigenvalue weighted by atomic mass is 79.9. The summed E-state index contributed by atoms with van der Waals surface area (Å²) in [7, 11) is 1.60. The van der Waals surface area contributed by atoms with Crippen LogP contribution in [-0.4, -0.2) is 24.7 Å². The molecule has 122 valence electrons. The number of hydrogen-bond acceptors (Lipinski definition) is 3. The maximum absolute atomic E-state index is 12.0. The van der Waals surface area contributed by atoms with Crippen LogP contribution >= 0.6 is 15.9 Å². The minimum atomic E-state index is -1.11. The first-order valence-corrected chi connectivity index (χ1v) is 8.08. The van der Waals surface area contributed by atoms with E-state index in [1.54, 1.807) is 14.0 Å². The number of nitrogens with one attached hydrogen (secondary N) is 1.